The van der Waals surface area contributed by atoms with E-state index in [4.69, 9.17) is 0 Å². The average Bonchev–Trinajstić information content (AvgIpc) is 3.29. The van der Waals surface area contributed by atoms with Gasteiger partial charge in [0.15, 0.2) is 0 Å². The Morgan fingerprint density at radius 3 is 2.84 bits per heavy atom. The molecule has 0 radical (unpaired) electrons. The van der Waals surface area contributed by atoms with Crippen molar-refractivity contribution in [3.63, 3.8) is 0 Å². The number of nitrogens with zero attached hydrogens (tertiary/aromatic N) is 1. The van der Waals surface area contributed by atoms with Crippen molar-refractivity contribution in [2.75, 3.05) is 13.1 Å². The number of benzene rings is 2. The number of fused-ring (bicyclic) bond motifs is 1. The monoisotopic (exact) mass is 334 g/mol. The minimum atomic E-state index is -0.116. The molecule has 2 heterocycles. The number of aromatic nitrogens is 2. The molecule has 0 bridgehead atoms. The van der Waals surface area contributed by atoms with Crippen molar-refractivity contribution in [3.8, 4) is 11.3 Å². The first kappa shape index (κ1) is 15.8. The third kappa shape index (κ3) is 3.28. The second-order valence-electron chi connectivity index (χ2n) is 7.00. The molecule has 0 aliphatic carbocycles. The number of hydrogen-bond acceptors (Lipinski definition) is 3. The zero-order valence-electron chi connectivity index (χ0n) is 14.3. The third-order valence-corrected chi connectivity index (χ3v) is 4.96. The summed E-state index contributed by atoms with van der Waals surface area (Å²) in [7, 11) is 0. The first-order valence-corrected chi connectivity index (χ1v) is 8.71. The predicted molar refractivity (Wildman–Crippen MR) is 99.5 cm³/mol. The summed E-state index contributed by atoms with van der Waals surface area (Å²) in [4.78, 5) is 12.4. The van der Waals surface area contributed by atoms with Gasteiger partial charge in [0, 0.05) is 17.6 Å². The first-order valence-electron chi connectivity index (χ1n) is 8.71. The Bertz CT molecular complexity index is 909. The van der Waals surface area contributed by atoms with E-state index in [1.165, 1.54) is 5.39 Å². The van der Waals surface area contributed by atoms with Gasteiger partial charge in [-0.05, 0) is 49.2 Å². The molecular weight excluding hydrogens is 312 g/mol. The van der Waals surface area contributed by atoms with E-state index in [0.717, 1.165) is 36.0 Å². The van der Waals surface area contributed by atoms with Gasteiger partial charge in [0.2, 0.25) is 0 Å². The van der Waals surface area contributed by atoms with Crippen molar-refractivity contribution in [2.45, 2.75) is 25.3 Å². The van der Waals surface area contributed by atoms with E-state index in [-0.39, 0.29) is 11.4 Å². The molecule has 1 aliphatic rings. The molecule has 1 fully saturated rings. The molecule has 1 aromatic heterocycles. The van der Waals surface area contributed by atoms with Gasteiger partial charge in [-0.3, -0.25) is 9.89 Å². The van der Waals surface area contributed by atoms with Crippen LogP contribution in [0.2, 0.25) is 0 Å². The number of amides is 1. The standard InChI is InChI=1S/C20H22N4O/c1-20(9-4-10-22-20)13-21-19(25)18-12-17(23-24-18)16-8-7-14-5-2-3-6-15(14)11-16/h2-3,5-8,11-12,22H,4,9-10,13H2,1H3,(H,21,25)(H,23,24)/t20-/m0/s1. The molecule has 1 amide bonds. The van der Waals surface area contributed by atoms with E-state index in [1.54, 1.807) is 0 Å². The zero-order valence-corrected chi connectivity index (χ0v) is 14.3. The number of carbonyl (C=O) groups excluding carboxylic acids is 1. The van der Waals surface area contributed by atoms with E-state index < -0.39 is 0 Å². The summed E-state index contributed by atoms with van der Waals surface area (Å²) in [6.07, 6.45) is 2.24. The Morgan fingerprint density at radius 1 is 1.20 bits per heavy atom. The maximum absolute atomic E-state index is 12.4. The van der Waals surface area contributed by atoms with Crippen LogP contribution in [0.3, 0.4) is 0 Å². The molecule has 0 spiro atoms. The van der Waals surface area contributed by atoms with Gasteiger partial charge in [0.05, 0.1) is 5.69 Å². The van der Waals surface area contributed by atoms with E-state index in [1.807, 2.05) is 24.3 Å². The number of hydrogen-bond donors (Lipinski definition) is 3. The summed E-state index contributed by atoms with van der Waals surface area (Å²) in [5.74, 6) is -0.116. The van der Waals surface area contributed by atoms with E-state index in [0.29, 0.717) is 12.2 Å². The van der Waals surface area contributed by atoms with E-state index >= 15 is 0 Å². The van der Waals surface area contributed by atoms with E-state index in [2.05, 4.69) is 52.0 Å². The lowest BCUT2D eigenvalue weighted by atomic mass is 10.0. The Kier molecular flexibility index (Phi) is 4.01. The minimum Gasteiger partial charge on any atom is -0.349 e. The van der Waals surface area contributed by atoms with Gasteiger partial charge in [-0.1, -0.05) is 36.4 Å². The highest BCUT2D eigenvalue weighted by atomic mass is 16.1. The lowest BCUT2D eigenvalue weighted by Crippen LogP contribution is -2.47. The van der Waals surface area contributed by atoms with Crippen LogP contribution in [0.1, 0.15) is 30.3 Å². The van der Waals surface area contributed by atoms with Crippen LogP contribution in [0, 0.1) is 0 Å². The summed E-state index contributed by atoms with van der Waals surface area (Å²) in [6, 6.07) is 16.2. The van der Waals surface area contributed by atoms with Crippen LogP contribution in [0.25, 0.3) is 22.0 Å². The maximum Gasteiger partial charge on any atom is 0.269 e. The maximum atomic E-state index is 12.4. The Morgan fingerprint density at radius 2 is 2.04 bits per heavy atom. The fraction of sp³-hybridized carbons (Fsp3) is 0.300. The summed E-state index contributed by atoms with van der Waals surface area (Å²) < 4.78 is 0. The summed E-state index contributed by atoms with van der Waals surface area (Å²) >= 11 is 0. The van der Waals surface area contributed by atoms with Crippen molar-refractivity contribution >= 4 is 16.7 Å². The lowest BCUT2D eigenvalue weighted by molar-refractivity contribution is 0.0937. The molecule has 128 valence electrons. The molecular formula is C20H22N4O. The van der Waals surface area contributed by atoms with Crippen LogP contribution in [0.5, 0.6) is 0 Å². The molecule has 1 aliphatic heterocycles. The van der Waals surface area contributed by atoms with Crippen LogP contribution in [0.15, 0.2) is 48.5 Å². The molecule has 5 nitrogen and oxygen atoms in total. The SMILES string of the molecule is C[C@@]1(CNC(=O)c2cc(-c3ccc4ccccc4c3)n[nH]2)CCCN1. The molecule has 4 rings (SSSR count). The molecule has 5 heteroatoms. The van der Waals surface area contributed by atoms with Crippen molar-refractivity contribution in [1.82, 2.24) is 20.8 Å². The fourth-order valence-corrected chi connectivity index (χ4v) is 3.41. The highest BCUT2D eigenvalue weighted by molar-refractivity contribution is 5.94. The van der Waals surface area contributed by atoms with Crippen LogP contribution in [0.4, 0.5) is 0 Å². The molecule has 2 aromatic carbocycles. The van der Waals surface area contributed by atoms with Gasteiger partial charge in [-0.25, -0.2) is 0 Å². The highest BCUT2D eigenvalue weighted by Gasteiger charge is 2.28. The van der Waals surface area contributed by atoms with Crippen LogP contribution in [-0.2, 0) is 0 Å². The zero-order chi connectivity index (χ0) is 17.3. The smallest absolute Gasteiger partial charge is 0.269 e. The molecule has 1 saturated heterocycles. The molecule has 1 atom stereocenters. The number of carbonyl (C=O) groups is 1. The van der Waals surface area contributed by atoms with Gasteiger partial charge in [-0.15, -0.1) is 0 Å². The Labute approximate surface area is 146 Å². The molecule has 25 heavy (non-hydrogen) atoms. The Hall–Kier alpha value is -2.66. The number of nitrogens with one attached hydrogen (secondary N) is 3. The van der Waals surface area contributed by atoms with Gasteiger partial charge in [-0.2, -0.15) is 5.10 Å². The van der Waals surface area contributed by atoms with Crippen LogP contribution >= 0.6 is 0 Å². The summed E-state index contributed by atoms with van der Waals surface area (Å²) in [5, 5.41) is 16.0. The number of H-pyrrole nitrogens is 1. The van der Waals surface area contributed by atoms with Gasteiger partial charge < -0.3 is 10.6 Å². The third-order valence-electron chi connectivity index (χ3n) is 4.96. The molecule has 0 saturated carbocycles. The highest BCUT2D eigenvalue weighted by Crippen LogP contribution is 2.23. The average molecular weight is 334 g/mol. The van der Waals surface area contributed by atoms with Crippen LogP contribution in [-0.4, -0.2) is 34.7 Å². The van der Waals surface area contributed by atoms with Crippen molar-refractivity contribution in [2.24, 2.45) is 0 Å². The lowest BCUT2D eigenvalue weighted by Gasteiger charge is -2.24. The predicted octanol–water partition coefficient (Wildman–Crippen LogP) is 3.10. The summed E-state index contributed by atoms with van der Waals surface area (Å²) in [5.41, 5.74) is 2.26. The minimum absolute atomic E-state index is 0.00312. The van der Waals surface area contributed by atoms with Gasteiger partial charge in [0.25, 0.3) is 5.91 Å². The fourth-order valence-electron chi connectivity index (χ4n) is 3.41. The van der Waals surface area contributed by atoms with Crippen molar-refractivity contribution < 1.29 is 4.79 Å². The second-order valence-corrected chi connectivity index (χ2v) is 7.00. The van der Waals surface area contributed by atoms with Crippen LogP contribution < -0.4 is 10.6 Å². The van der Waals surface area contributed by atoms with Crippen molar-refractivity contribution in [3.05, 3.63) is 54.2 Å². The first-order chi connectivity index (χ1) is 12.1. The Balaban J connectivity index is 1.49. The normalized spacial score (nSPS) is 20.0. The van der Waals surface area contributed by atoms with Gasteiger partial charge >= 0.3 is 0 Å². The molecule has 0 unspecified atom stereocenters. The van der Waals surface area contributed by atoms with E-state index in [9.17, 15) is 4.79 Å². The van der Waals surface area contributed by atoms with Crippen molar-refractivity contribution in [1.29, 1.82) is 0 Å². The molecule has 3 N–H and O–H groups in total. The van der Waals surface area contributed by atoms with Gasteiger partial charge in [0.1, 0.15) is 5.69 Å². The number of rotatable bonds is 4. The summed E-state index contributed by atoms with van der Waals surface area (Å²) in [6.45, 7) is 3.78. The largest absolute Gasteiger partial charge is 0.349 e. The number of aromatic amines is 1. The second kappa shape index (κ2) is 6.33. The topological polar surface area (TPSA) is 69.8 Å². The molecule has 3 aromatic rings. The quantitative estimate of drug-likeness (QED) is 0.687.